The zero-order valence-electron chi connectivity index (χ0n) is 9.63. The molecule has 0 bridgehead atoms. The van der Waals surface area contributed by atoms with Crippen LogP contribution in [0, 0.1) is 11.6 Å². The van der Waals surface area contributed by atoms with Crippen LogP contribution in [-0.4, -0.2) is 12.5 Å². The van der Waals surface area contributed by atoms with E-state index < -0.39 is 11.6 Å². The maximum atomic E-state index is 13.3. The Kier molecular flexibility index (Phi) is 5.35. The molecule has 94 valence electrons. The fourth-order valence-corrected chi connectivity index (χ4v) is 1.22. The van der Waals surface area contributed by atoms with Gasteiger partial charge < -0.3 is 5.32 Å². The lowest BCUT2D eigenvalue weighted by atomic mass is 10.2. The van der Waals surface area contributed by atoms with Crippen molar-refractivity contribution < 1.29 is 8.78 Å². The topological polar surface area (TPSA) is 62.4 Å². The van der Waals surface area contributed by atoms with Crippen molar-refractivity contribution in [2.45, 2.75) is 19.9 Å². The normalized spacial score (nSPS) is 11.4. The van der Waals surface area contributed by atoms with Crippen LogP contribution < -0.4 is 16.6 Å². The van der Waals surface area contributed by atoms with Gasteiger partial charge in [-0.1, -0.05) is 6.92 Å². The first-order valence-electron chi connectivity index (χ1n) is 5.36. The fraction of sp³-hybridized carbons (Fsp3) is 0.364. The Morgan fingerprint density at radius 2 is 2.18 bits per heavy atom. The summed E-state index contributed by atoms with van der Waals surface area (Å²) in [4.78, 5) is 4.01. The summed E-state index contributed by atoms with van der Waals surface area (Å²) < 4.78 is 26.2. The number of hydrogen-bond acceptors (Lipinski definition) is 2. The Hall–Kier alpha value is -1.69. The highest BCUT2D eigenvalue weighted by atomic mass is 19.1. The smallest absolute Gasteiger partial charge is 0.206 e. The molecule has 0 aliphatic heterocycles. The van der Waals surface area contributed by atoms with E-state index in [2.05, 4.69) is 15.7 Å². The third kappa shape index (κ3) is 4.36. The van der Waals surface area contributed by atoms with Crippen molar-refractivity contribution >= 4 is 5.96 Å². The second-order valence-corrected chi connectivity index (χ2v) is 3.47. The van der Waals surface area contributed by atoms with Crippen LogP contribution in [0.5, 0.6) is 0 Å². The molecule has 0 radical (unpaired) electrons. The molecule has 17 heavy (non-hydrogen) atoms. The van der Waals surface area contributed by atoms with Crippen molar-refractivity contribution in [2.75, 3.05) is 6.54 Å². The van der Waals surface area contributed by atoms with Gasteiger partial charge in [-0.05, 0) is 24.6 Å². The van der Waals surface area contributed by atoms with Crippen molar-refractivity contribution in [3.05, 3.63) is 35.4 Å². The summed E-state index contributed by atoms with van der Waals surface area (Å²) in [7, 11) is 0. The SMILES string of the molecule is CCCNC(=NCc1cc(F)ccc1F)NN. The lowest BCUT2D eigenvalue weighted by Crippen LogP contribution is -2.41. The summed E-state index contributed by atoms with van der Waals surface area (Å²) in [5, 5.41) is 2.92. The first-order chi connectivity index (χ1) is 8.17. The van der Waals surface area contributed by atoms with Crippen LogP contribution in [0.25, 0.3) is 0 Å². The molecule has 1 aromatic carbocycles. The second kappa shape index (κ2) is 6.80. The Morgan fingerprint density at radius 1 is 1.41 bits per heavy atom. The van der Waals surface area contributed by atoms with Gasteiger partial charge in [0.05, 0.1) is 6.54 Å². The predicted octanol–water partition coefficient (Wildman–Crippen LogP) is 1.28. The number of nitrogens with two attached hydrogens (primary N) is 1. The van der Waals surface area contributed by atoms with Crippen LogP contribution >= 0.6 is 0 Å². The molecule has 0 aliphatic rings. The summed E-state index contributed by atoms with van der Waals surface area (Å²) in [5.74, 6) is 4.62. The molecular formula is C11H16F2N4. The standard InChI is InChI=1S/C11H16F2N4/c1-2-5-15-11(17-14)16-7-8-6-9(12)3-4-10(8)13/h3-4,6H,2,5,7,14H2,1H3,(H2,15,16,17). The van der Waals surface area contributed by atoms with Crippen LogP contribution in [0.4, 0.5) is 8.78 Å². The molecule has 4 nitrogen and oxygen atoms in total. The molecule has 0 saturated heterocycles. The van der Waals surface area contributed by atoms with Gasteiger partial charge in [0.25, 0.3) is 0 Å². The van der Waals surface area contributed by atoms with Gasteiger partial charge in [0.2, 0.25) is 5.96 Å². The Bertz CT molecular complexity index is 393. The minimum Gasteiger partial charge on any atom is -0.355 e. The monoisotopic (exact) mass is 242 g/mol. The van der Waals surface area contributed by atoms with Crippen molar-refractivity contribution in [3.63, 3.8) is 0 Å². The zero-order chi connectivity index (χ0) is 12.7. The number of rotatable bonds is 4. The maximum absolute atomic E-state index is 13.3. The lowest BCUT2D eigenvalue weighted by Gasteiger charge is -2.08. The van der Waals surface area contributed by atoms with Gasteiger partial charge in [0.15, 0.2) is 0 Å². The van der Waals surface area contributed by atoms with Crippen molar-refractivity contribution in [1.82, 2.24) is 10.7 Å². The molecule has 0 heterocycles. The van der Waals surface area contributed by atoms with E-state index in [4.69, 9.17) is 5.84 Å². The Morgan fingerprint density at radius 3 is 2.82 bits per heavy atom. The molecule has 0 fully saturated rings. The lowest BCUT2D eigenvalue weighted by molar-refractivity contribution is 0.585. The molecule has 0 saturated carbocycles. The second-order valence-electron chi connectivity index (χ2n) is 3.47. The number of nitrogens with one attached hydrogen (secondary N) is 2. The van der Waals surface area contributed by atoms with E-state index in [1.54, 1.807) is 0 Å². The number of guanidine groups is 1. The van der Waals surface area contributed by atoms with Crippen LogP contribution in [0.3, 0.4) is 0 Å². The molecule has 0 aliphatic carbocycles. The first kappa shape index (κ1) is 13.4. The fourth-order valence-electron chi connectivity index (χ4n) is 1.22. The van der Waals surface area contributed by atoms with Crippen LogP contribution in [0.2, 0.25) is 0 Å². The van der Waals surface area contributed by atoms with Crippen molar-refractivity contribution in [2.24, 2.45) is 10.8 Å². The molecule has 4 N–H and O–H groups in total. The minimum atomic E-state index is -0.486. The summed E-state index contributed by atoms with van der Waals surface area (Å²) >= 11 is 0. The minimum absolute atomic E-state index is 0.0276. The van der Waals surface area contributed by atoms with Gasteiger partial charge in [-0.2, -0.15) is 0 Å². The molecule has 1 rings (SSSR count). The van der Waals surface area contributed by atoms with Gasteiger partial charge in [-0.15, -0.1) is 0 Å². The third-order valence-corrected chi connectivity index (χ3v) is 2.09. The maximum Gasteiger partial charge on any atom is 0.206 e. The summed E-state index contributed by atoms with van der Waals surface area (Å²) in [6.07, 6.45) is 0.912. The molecule has 0 unspecified atom stereocenters. The Balaban J connectivity index is 2.69. The van der Waals surface area contributed by atoms with Gasteiger partial charge in [0.1, 0.15) is 11.6 Å². The average Bonchev–Trinajstić information content (AvgIpc) is 2.33. The van der Waals surface area contributed by atoms with Gasteiger partial charge in [0, 0.05) is 12.1 Å². The van der Waals surface area contributed by atoms with E-state index in [0.717, 1.165) is 24.6 Å². The number of hydrogen-bond donors (Lipinski definition) is 3. The number of halogens is 2. The van der Waals surface area contributed by atoms with E-state index in [1.165, 1.54) is 0 Å². The quantitative estimate of drug-likeness (QED) is 0.322. The van der Waals surface area contributed by atoms with Crippen LogP contribution in [-0.2, 0) is 6.54 Å². The van der Waals surface area contributed by atoms with E-state index in [-0.39, 0.29) is 12.1 Å². The highest BCUT2D eigenvalue weighted by Gasteiger charge is 2.03. The molecule has 0 aromatic heterocycles. The Labute approximate surface area is 98.9 Å². The summed E-state index contributed by atoms with van der Waals surface area (Å²) in [5.41, 5.74) is 2.55. The number of hydrazine groups is 1. The third-order valence-electron chi connectivity index (χ3n) is 2.09. The molecule has 1 aromatic rings. The van der Waals surface area contributed by atoms with Gasteiger partial charge >= 0.3 is 0 Å². The first-order valence-corrected chi connectivity index (χ1v) is 5.36. The van der Waals surface area contributed by atoms with Crippen molar-refractivity contribution in [3.8, 4) is 0 Å². The molecule has 0 amide bonds. The van der Waals surface area contributed by atoms with E-state index in [0.29, 0.717) is 12.5 Å². The summed E-state index contributed by atoms with van der Waals surface area (Å²) in [6.45, 7) is 2.72. The van der Waals surface area contributed by atoms with Gasteiger partial charge in [-0.3, -0.25) is 5.43 Å². The number of nitrogens with zero attached hydrogens (tertiary/aromatic N) is 1. The predicted molar refractivity (Wildman–Crippen MR) is 63.1 cm³/mol. The number of benzene rings is 1. The highest BCUT2D eigenvalue weighted by molar-refractivity contribution is 5.79. The van der Waals surface area contributed by atoms with E-state index >= 15 is 0 Å². The molecule has 0 atom stereocenters. The van der Waals surface area contributed by atoms with Crippen LogP contribution in [0.1, 0.15) is 18.9 Å². The summed E-state index contributed by atoms with van der Waals surface area (Å²) in [6, 6.07) is 3.27. The van der Waals surface area contributed by atoms with Crippen LogP contribution in [0.15, 0.2) is 23.2 Å². The zero-order valence-corrected chi connectivity index (χ0v) is 9.63. The van der Waals surface area contributed by atoms with E-state index in [1.807, 2.05) is 6.92 Å². The molecule has 6 heteroatoms. The highest BCUT2D eigenvalue weighted by Crippen LogP contribution is 2.10. The molecular weight excluding hydrogens is 226 g/mol. The number of aliphatic imine (C=N–C) groups is 1. The largest absolute Gasteiger partial charge is 0.355 e. The van der Waals surface area contributed by atoms with Crippen molar-refractivity contribution in [1.29, 1.82) is 0 Å². The van der Waals surface area contributed by atoms with Gasteiger partial charge in [-0.25, -0.2) is 19.6 Å². The molecule has 0 spiro atoms. The van der Waals surface area contributed by atoms with E-state index in [9.17, 15) is 8.78 Å². The average molecular weight is 242 g/mol.